The van der Waals surface area contributed by atoms with Gasteiger partial charge in [-0.2, -0.15) is 0 Å². The van der Waals surface area contributed by atoms with Crippen molar-refractivity contribution in [3.63, 3.8) is 0 Å². The Morgan fingerprint density at radius 2 is 1.21 bits per heavy atom. The number of halogens is 2. The number of carbonyl (C=O) groups is 2. The molecule has 2 aromatic rings. The molecule has 4 rings (SSSR count). The predicted octanol–water partition coefficient (Wildman–Crippen LogP) is 10.1. The summed E-state index contributed by atoms with van der Waals surface area (Å²) >= 11 is 0. The molecule has 3 unspecified atom stereocenters. The molecule has 1 saturated carbocycles. The number of ketones is 2. The van der Waals surface area contributed by atoms with Crippen molar-refractivity contribution in [1.29, 1.82) is 0 Å². The fourth-order valence-corrected chi connectivity index (χ4v) is 7.25. The van der Waals surface area contributed by atoms with Gasteiger partial charge in [0.25, 0.3) is 0 Å². The Balaban J connectivity index is 0.000000235. The third kappa shape index (κ3) is 6.28. The molecule has 0 saturated heterocycles. The average Bonchev–Trinajstić information content (AvgIpc) is 2.91. The zero-order chi connectivity index (χ0) is 31.6. The van der Waals surface area contributed by atoms with Crippen LogP contribution in [0.25, 0.3) is 0 Å². The third-order valence-corrected chi connectivity index (χ3v) is 9.88. The highest BCUT2D eigenvalue weighted by atomic mass is 19.1. The van der Waals surface area contributed by atoms with Crippen LogP contribution < -0.4 is 0 Å². The first-order chi connectivity index (χ1) is 19.6. The number of benzene rings is 2. The lowest BCUT2D eigenvalue weighted by Gasteiger charge is -2.56. The van der Waals surface area contributed by atoms with Gasteiger partial charge in [-0.05, 0) is 81.1 Å². The summed E-state index contributed by atoms with van der Waals surface area (Å²) in [5.74, 6) is -1.17. The Bertz CT molecular complexity index is 1370. The molecule has 0 spiro atoms. The number of rotatable bonds is 4. The molecule has 1 fully saturated rings. The van der Waals surface area contributed by atoms with Gasteiger partial charge in [-0.25, -0.2) is 8.78 Å². The van der Waals surface area contributed by atoms with Crippen LogP contribution >= 0.6 is 0 Å². The van der Waals surface area contributed by atoms with Crippen molar-refractivity contribution in [2.24, 2.45) is 16.7 Å². The second kappa shape index (κ2) is 13.0. The lowest BCUT2D eigenvalue weighted by molar-refractivity contribution is -0.132. The van der Waals surface area contributed by atoms with Crippen LogP contribution in [0.1, 0.15) is 98.6 Å². The van der Waals surface area contributed by atoms with Crippen LogP contribution in [0, 0.1) is 16.7 Å². The lowest BCUT2D eigenvalue weighted by Crippen LogP contribution is -2.54. The fourth-order valence-electron chi connectivity index (χ4n) is 7.25. The van der Waals surface area contributed by atoms with Crippen LogP contribution in [0.5, 0.6) is 0 Å². The molecule has 2 aliphatic rings. The fraction of sp³-hybridized carbons (Fsp3) is 0.474. The van der Waals surface area contributed by atoms with Gasteiger partial charge < -0.3 is 0 Å². The Labute approximate surface area is 252 Å². The maximum Gasteiger partial charge on any atom is 0.156 e. The maximum atomic E-state index is 15.7. The van der Waals surface area contributed by atoms with Crippen LogP contribution in [0.4, 0.5) is 8.78 Å². The lowest BCUT2D eigenvalue weighted by atomic mass is 9.47. The molecule has 2 aliphatic carbocycles. The zero-order valence-corrected chi connectivity index (χ0v) is 27.0. The quantitative estimate of drug-likeness (QED) is 0.341. The van der Waals surface area contributed by atoms with Gasteiger partial charge in [0.2, 0.25) is 0 Å². The van der Waals surface area contributed by atoms with Crippen LogP contribution in [-0.4, -0.2) is 23.9 Å². The van der Waals surface area contributed by atoms with Crippen LogP contribution in [0.3, 0.4) is 0 Å². The molecule has 0 amide bonds. The van der Waals surface area contributed by atoms with Crippen LogP contribution in [-0.2, 0) is 9.59 Å². The summed E-state index contributed by atoms with van der Waals surface area (Å²) in [6, 6.07) is 19.1. The molecule has 0 aliphatic heterocycles. The molecule has 42 heavy (non-hydrogen) atoms. The van der Waals surface area contributed by atoms with Crippen molar-refractivity contribution < 1.29 is 18.4 Å². The summed E-state index contributed by atoms with van der Waals surface area (Å²) in [6.45, 7) is 19.3. The zero-order valence-electron chi connectivity index (χ0n) is 27.0. The number of alkyl halides is 2. The molecular weight excluding hydrogens is 526 g/mol. The Morgan fingerprint density at radius 3 is 1.64 bits per heavy atom. The minimum Gasteiger partial charge on any atom is -0.300 e. The molecular formula is C38H48F2O2. The van der Waals surface area contributed by atoms with E-state index >= 15 is 4.39 Å². The van der Waals surface area contributed by atoms with Gasteiger partial charge >= 0.3 is 0 Å². The molecule has 0 aromatic heterocycles. The van der Waals surface area contributed by atoms with E-state index in [0.717, 1.165) is 33.4 Å². The van der Waals surface area contributed by atoms with E-state index in [4.69, 9.17) is 0 Å². The largest absolute Gasteiger partial charge is 0.300 e. The van der Waals surface area contributed by atoms with Gasteiger partial charge in [0.1, 0.15) is 18.1 Å². The monoisotopic (exact) mass is 574 g/mol. The van der Waals surface area contributed by atoms with E-state index < -0.39 is 24.2 Å². The minimum absolute atomic E-state index is 0.0377. The number of hydrogen-bond donors (Lipinski definition) is 0. The first-order valence-electron chi connectivity index (χ1n) is 15.0. The van der Waals surface area contributed by atoms with Crippen molar-refractivity contribution in [1.82, 2.24) is 0 Å². The molecule has 2 aromatic carbocycles. The SMILES string of the molecule is CC(=O)C1=CCC(=C(C)C)[C@H](F)[C@H]1c1ccccc1.CC(=O)C1C(c2ccccc2)C(F)C(=C(C)C)C(C)(C)C1(C)C. The Kier molecular flexibility index (Phi) is 10.3. The summed E-state index contributed by atoms with van der Waals surface area (Å²) < 4.78 is 30.5. The van der Waals surface area contributed by atoms with Gasteiger partial charge in [0.15, 0.2) is 5.78 Å². The van der Waals surface area contributed by atoms with E-state index in [1.165, 1.54) is 6.92 Å². The average molecular weight is 575 g/mol. The Morgan fingerprint density at radius 1 is 0.714 bits per heavy atom. The standard InChI is InChI=1S/C21H29FO.C17H19FO/c1-13(2)17-19(22)16(15-11-9-8-10-12-15)18(14(3)23)21(6,7)20(17,4)5;1-11(2)14-9-10-15(12(3)19)16(17(14)18)13-7-5-4-6-8-13/h8-12,16,18-19H,1-7H3;4-8,10,16-17H,9H2,1-3H3/t;16-,17-/m.0/s1. The predicted molar refractivity (Wildman–Crippen MR) is 170 cm³/mol. The van der Waals surface area contributed by atoms with E-state index in [1.807, 2.05) is 94.4 Å². The van der Waals surface area contributed by atoms with Crippen LogP contribution in [0.15, 0.2) is 94.6 Å². The molecule has 0 bridgehead atoms. The second-order valence-electron chi connectivity index (χ2n) is 13.4. The highest BCUT2D eigenvalue weighted by molar-refractivity contribution is 5.95. The molecule has 4 heteroatoms. The van der Waals surface area contributed by atoms with Crippen molar-refractivity contribution >= 4 is 11.6 Å². The van der Waals surface area contributed by atoms with Crippen molar-refractivity contribution in [3.8, 4) is 0 Å². The normalized spacial score (nSPS) is 26.4. The van der Waals surface area contributed by atoms with Crippen molar-refractivity contribution in [2.75, 3.05) is 0 Å². The number of carbonyl (C=O) groups excluding carboxylic acids is 2. The summed E-state index contributed by atoms with van der Waals surface area (Å²) in [5.41, 5.74) is 5.39. The minimum atomic E-state index is -1.13. The summed E-state index contributed by atoms with van der Waals surface area (Å²) in [6.07, 6.45) is 0.204. The van der Waals surface area contributed by atoms with E-state index in [0.29, 0.717) is 12.0 Å². The number of Topliss-reactive ketones (excluding diaryl/α,β-unsaturated/α-hetero) is 2. The van der Waals surface area contributed by atoms with E-state index in [9.17, 15) is 14.0 Å². The molecule has 0 N–H and O–H groups in total. The van der Waals surface area contributed by atoms with Gasteiger partial charge in [-0.15, -0.1) is 0 Å². The van der Waals surface area contributed by atoms with Gasteiger partial charge in [-0.3, -0.25) is 9.59 Å². The van der Waals surface area contributed by atoms with E-state index in [1.54, 1.807) is 6.92 Å². The second-order valence-corrected chi connectivity index (χ2v) is 13.4. The van der Waals surface area contributed by atoms with Crippen LogP contribution in [0.2, 0.25) is 0 Å². The van der Waals surface area contributed by atoms with Crippen molar-refractivity contribution in [2.45, 2.75) is 99.8 Å². The smallest absolute Gasteiger partial charge is 0.156 e. The first kappa shape index (κ1) is 33.4. The molecule has 226 valence electrons. The highest BCUT2D eigenvalue weighted by Gasteiger charge is 2.58. The molecule has 0 radical (unpaired) electrons. The number of hydrogen-bond acceptors (Lipinski definition) is 2. The van der Waals surface area contributed by atoms with E-state index in [2.05, 4.69) is 27.7 Å². The molecule has 0 heterocycles. The molecule has 5 atom stereocenters. The molecule has 2 nitrogen and oxygen atoms in total. The third-order valence-electron chi connectivity index (χ3n) is 9.88. The Hall–Kier alpha value is -3.14. The first-order valence-corrected chi connectivity index (χ1v) is 15.0. The summed E-state index contributed by atoms with van der Waals surface area (Å²) in [5, 5.41) is 0. The van der Waals surface area contributed by atoms with E-state index in [-0.39, 0.29) is 28.3 Å². The number of allylic oxidation sites excluding steroid dienone is 6. The highest BCUT2D eigenvalue weighted by Crippen LogP contribution is 2.61. The maximum absolute atomic E-state index is 15.7. The van der Waals surface area contributed by atoms with Crippen molar-refractivity contribution in [3.05, 3.63) is 106 Å². The van der Waals surface area contributed by atoms with Gasteiger partial charge in [0.05, 0.1) is 0 Å². The van der Waals surface area contributed by atoms with Gasteiger partial charge in [-0.1, -0.05) is 106 Å². The topological polar surface area (TPSA) is 34.1 Å². The summed E-state index contributed by atoms with van der Waals surface area (Å²) in [7, 11) is 0. The summed E-state index contributed by atoms with van der Waals surface area (Å²) in [4.78, 5) is 24.3. The van der Waals surface area contributed by atoms with Gasteiger partial charge in [0, 0.05) is 23.3 Å².